The molecule has 2 rings (SSSR count). The maximum absolute atomic E-state index is 5.90. The van der Waals surface area contributed by atoms with Crippen LogP contribution >= 0.6 is 15.9 Å². The van der Waals surface area contributed by atoms with Gasteiger partial charge in [-0.25, -0.2) is 0 Å². The third-order valence-electron chi connectivity index (χ3n) is 2.92. The number of methoxy groups -OCH3 is 1. The van der Waals surface area contributed by atoms with E-state index >= 15 is 0 Å². The van der Waals surface area contributed by atoms with Crippen molar-refractivity contribution in [3.05, 3.63) is 33.8 Å². The van der Waals surface area contributed by atoms with Crippen molar-refractivity contribution in [2.24, 2.45) is 5.73 Å². The van der Waals surface area contributed by atoms with Crippen LogP contribution in [0.3, 0.4) is 0 Å². The third kappa shape index (κ3) is 2.66. The fourth-order valence-electron chi connectivity index (χ4n) is 2.02. The molecule has 1 atom stereocenters. The van der Waals surface area contributed by atoms with Gasteiger partial charge in [-0.05, 0) is 43.0 Å². The molecule has 0 radical (unpaired) electrons. The molecular formula is C13H16BrNO. The number of hydrogen-bond donors (Lipinski definition) is 1. The Balaban J connectivity index is 2.26. The van der Waals surface area contributed by atoms with Crippen molar-refractivity contribution < 1.29 is 4.74 Å². The van der Waals surface area contributed by atoms with Gasteiger partial charge < -0.3 is 10.5 Å². The van der Waals surface area contributed by atoms with E-state index in [1.54, 1.807) is 7.11 Å². The van der Waals surface area contributed by atoms with Crippen LogP contribution in [0.2, 0.25) is 0 Å². The largest absolute Gasteiger partial charge is 0.497 e. The SMILES string of the molecule is COc1ccc(Br)c(C=C2CCC(N)C2)c1. The van der Waals surface area contributed by atoms with Crippen molar-refractivity contribution >= 4 is 22.0 Å². The van der Waals surface area contributed by atoms with Gasteiger partial charge in [0, 0.05) is 10.5 Å². The normalized spacial score (nSPS) is 22.7. The van der Waals surface area contributed by atoms with Crippen LogP contribution in [-0.4, -0.2) is 13.2 Å². The van der Waals surface area contributed by atoms with E-state index in [0.717, 1.165) is 29.5 Å². The monoisotopic (exact) mass is 281 g/mol. The Labute approximate surface area is 105 Å². The van der Waals surface area contributed by atoms with E-state index in [0.29, 0.717) is 6.04 Å². The minimum Gasteiger partial charge on any atom is -0.497 e. The summed E-state index contributed by atoms with van der Waals surface area (Å²) < 4.78 is 6.32. The highest BCUT2D eigenvalue weighted by molar-refractivity contribution is 9.10. The topological polar surface area (TPSA) is 35.2 Å². The van der Waals surface area contributed by atoms with Crippen LogP contribution in [0.25, 0.3) is 6.08 Å². The van der Waals surface area contributed by atoms with E-state index in [9.17, 15) is 0 Å². The highest BCUT2D eigenvalue weighted by Gasteiger charge is 2.15. The Bertz CT molecular complexity index is 414. The summed E-state index contributed by atoms with van der Waals surface area (Å²) in [6.07, 6.45) is 5.46. The van der Waals surface area contributed by atoms with Crippen LogP contribution in [0.1, 0.15) is 24.8 Å². The zero-order valence-electron chi connectivity index (χ0n) is 9.37. The summed E-state index contributed by atoms with van der Waals surface area (Å²) in [5.74, 6) is 0.886. The van der Waals surface area contributed by atoms with Crippen molar-refractivity contribution in [3.63, 3.8) is 0 Å². The molecule has 0 spiro atoms. The lowest BCUT2D eigenvalue weighted by Crippen LogP contribution is -2.13. The zero-order valence-corrected chi connectivity index (χ0v) is 11.0. The molecule has 0 saturated heterocycles. The van der Waals surface area contributed by atoms with Crippen molar-refractivity contribution in [1.82, 2.24) is 0 Å². The van der Waals surface area contributed by atoms with Gasteiger partial charge in [0.1, 0.15) is 5.75 Å². The molecule has 0 amide bonds. The quantitative estimate of drug-likeness (QED) is 0.902. The molecular weight excluding hydrogens is 266 g/mol. The van der Waals surface area contributed by atoms with E-state index in [4.69, 9.17) is 10.5 Å². The molecule has 1 aromatic rings. The van der Waals surface area contributed by atoms with E-state index < -0.39 is 0 Å². The molecule has 16 heavy (non-hydrogen) atoms. The number of hydrogen-bond acceptors (Lipinski definition) is 2. The lowest BCUT2D eigenvalue weighted by Gasteiger charge is -2.05. The van der Waals surface area contributed by atoms with Gasteiger partial charge >= 0.3 is 0 Å². The van der Waals surface area contributed by atoms with Crippen molar-refractivity contribution in [1.29, 1.82) is 0 Å². The minimum atomic E-state index is 0.343. The molecule has 2 N–H and O–H groups in total. The van der Waals surface area contributed by atoms with Gasteiger partial charge in [0.05, 0.1) is 7.11 Å². The van der Waals surface area contributed by atoms with Crippen molar-refractivity contribution in [3.8, 4) is 5.75 Å². The number of ether oxygens (including phenoxy) is 1. The van der Waals surface area contributed by atoms with Crippen LogP contribution in [0.4, 0.5) is 0 Å². The maximum Gasteiger partial charge on any atom is 0.119 e. The molecule has 0 aliphatic heterocycles. The second-order valence-corrected chi connectivity index (χ2v) is 5.05. The summed E-state index contributed by atoms with van der Waals surface area (Å²) in [7, 11) is 1.69. The molecule has 1 aromatic carbocycles. The summed E-state index contributed by atoms with van der Waals surface area (Å²) in [4.78, 5) is 0. The summed E-state index contributed by atoms with van der Waals surface area (Å²) >= 11 is 3.55. The van der Waals surface area contributed by atoms with E-state index in [1.165, 1.54) is 11.1 Å². The first kappa shape index (κ1) is 11.7. The second kappa shape index (κ2) is 5.02. The van der Waals surface area contributed by atoms with Gasteiger partial charge in [-0.15, -0.1) is 0 Å². The first-order valence-electron chi connectivity index (χ1n) is 5.47. The summed E-state index contributed by atoms with van der Waals surface area (Å²) in [5, 5.41) is 0. The lowest BCUT2D eigenvalue weighted by molar-refractivity contribution is 0.414. The predicted molar refractivity (Wildman–Crippen MR) is 70.5 cm³/mol. The second-order valence-electron chi connectivity index (χ2n) is 4.19. The van der Waals surface area contributed by atoms with Crippen LogP contribution in [0.5, 0.6) is 5.75 Å². The maximum atomic E-state index is 5.90. The van der Waals surface area contributed by atoms with Gasteiger partial charge in [-0.3, -0.25) is 0 Å². The smallest absolute Gasteiger partial charge is 0.119 e. The van der Waals surface area contributed by atoms with Crippen LogP contribution in [-0.2, 0) is 0 Å². The Morgan fingerprint density at radius 3 is 2.94 bits per heavy atom. The average Bonchev–Trinajstić information content (AvgIpc) is 2.67. The first-order chi connectivity index (χ1) is 7.69. The molecule has 1 aliphatic carbocycles. The third-order valence-corrected chi connectivity index (χ3v) is 3.65. The predicted octanol–water partition coefficient (Wildman–Crippen LogP) is 3.35. The fraction of sp³-hybridized carbons (Fsp3) is 0.385. The van der Waals surface area contributed by atoms with Gasteiger partial charge in [-0.2, -0.15) is 0 Å². The Morgan fingerprint density at radius 1 is 1.50 bits per heavy atom. The van der Waals surface area contributed by atoms with Gasteiger partial charge in [0.15, 0.2) is 0 Å². The first-order valence-corrected chi connectivity index (χ1v) is 6.27. The molecule has 0 aromatic heterocycles. The van der Waals surface area contributed by atoms with Crippen LogP contribution in [0.15, 0.2) is 28.2 Å². The lowest BCUT2D eigenvalue weighted by atomic mass is 10.1. The van der Waals surface area contributed by atoms with Gasteiger partial charge in [0.2, 0.25) is 0 Å². The van der Waals surface area contributed by atoms with E-state index in [-0.39, 0.29) is 0 Å². The molecule has 1 fully saturated rings. The number of halogens is 1. The summed E-state index contributed by atoms with van der Waals surface area (Å²) in [6, 6.07) is 6.35. The number of nitrogens with two attached hydrogens (primary N) is 1. The number of rotatable bonds is 2. The van der Waals surface area contributed by atoms with Gasteiger partial charge in [-0.1, -0.05) is 27.6 Å². The molecule has 2 nitrogen and oxygen atoms in total. The van der Waals surface area contributed by atoms with Crippen LogP contribution < -0.4 is 10.5 Å². The minimum absolute atomic E-state index is 0.343. The van der Waals surface area contributed by atoms with Gasteiger partial charge in [0.25, 0.3) is 0 Å². The molecule has 1 unspecified atom stereocenters. The molecule has 1 aliphatic rings. The van der Waals surface area contributed by atoms with E-state index in [2.05, 4.69) is 22.0 Å². The Hall–Kier alpha value is -0.800. The standard InChI is InChI=1S/C13H16BrNO/c1-16-12-4-5-13(14)10(8-12)6-9-2-3-11(15)7-9/h4-6,8,11H,2-3,7,15H2,1H3. The number of benzene rings is 1. The summed E-state index contributed by atoms with van der Waals surface area (Å²) in [6.45, 7) is 0. The molecule has 3 heteroatoms. The molecule has 1 saturated carbocycles. The molecule has 86 valence electrons. The van der Waals surface area contributed by atoms with Crippen molar-refractivity contribution in [2.45, 2.75) is 25.3 Å². The Morgan fingerprint density at radius 2 is 2.31 bits per heavy atom. The zero-order chi connectivity index (χ0) is 11.5. The van der Waals surface area contributed by atoms with Crippen molar-refractivity contribution in [2.75, 3.05) is 7.11 Å². The fourth-order valence-corrected chi connectivity index (χ4v) is 2.38. The summed E-state index contributed by atoms with van der Waals surface area (Å²) in [5.41, 5.74) is 8.50. The van der Waals surface area contributed by atoms with Crippen LogP contribution in [0, 0.1) is 0 Å². The highest BCUT2D eigenvalue weighted by atomic mass is 79.9. The molecule has 0 bridgehead atoms. The highest BCUT2D eigenvalue weighted by Crippen LogP contribution is 2.29. The van der Waals surface area contributed by atoms with E-state index in [1.807, 2.05) is 18.2 Å². The average molecular weight is 282 g/mol. The molecule has 0 heterocycles. The Kier molecular flexibility index (Phi) is 3.66.